The lowest BCUT2D eigenvalue weighted by Gasteiger charge is -2.20. The maximum Gasteiger partial charge on any atom is 0.126 e. The summed E-state index contributed by atoms with van der Waals surface area (Å²) in [7, 11) is 0. The fourth-order valence-electron chi connectivity index (χ4n) is 2.34. The van der Waals surface area contributed by atoms with Crippen molar-refractivity contribution in [2.45, 2.75) is 32.7 Å². The van der Waals surface area contributed by atoms with Gasteiger partial charge in [-0.3, -0.25) is 0 Å². The lowest BCUT2D eigenvalue weighted by atomic mass is 9.97. The van der Waals surface area contributed by atoms with E-state index in [4.69, 9.17) is 0 Å². The van der Waals surface area contributed by atoms with Crippen LogP contribution in [0, 0.1) is 18.6 Å². The Bertz CT molecular complexity index is 596. The van der Waals surface area contributed by atoms with Crippen molar-refractivity contribution in [3.8, 4) is 0 Å². The summed E-state index contributed by atoms with van der Waals surface area (Å²) in [5, 5.41) is 3.37. The van der Waals surface area contributed by atoms with Gasteiger partial charge in [0, 0.05) is 6.04 Å². The minimum Gasteiger partial charge on any atom is -0.310 e. The van der Waals surface area contributed by atoms with Gasteiger partial charge in [-0.25, -0.2) is 8.78 Å². The summed E-state index contributed by atoms with van der Waals surface area (Å²) in [6.45, 7) is 4.63. The zero-order chi connectivity index (χ0) is 15.2. The largest absolute Gasteiger partial charge is 0.310 e. The SMILES string of the molecule is CCCNC(Cc1ccccc1F)c1ccc(C)c(F)c1. The van der Waals surface area contributed by atoms with Crippen LogP contribution in [-0.2, 0) is 6.42 Å². The van der Waals surface area contributed by atoms with E-state index in [0.717, 1.165) is 18.5 Å². The number of rotatable bonds is 6. The molecule has 0 bridgehead atoms. The number of benzene rings is 2. The zero-order valence-electron chi connectivity index (χ0n) is 12.5. The first-order valence-corrected chi connectivity index (χ1v) is 7.34. The van der Waals surface area contributed by atoms with Crippen LogP contribution in [0.15, 0.2) is 42.5 Å². The molecule has 2 aromatic carbocycles. The Balaban J connectivity index is 2.25. The minimum absolute atomic E-state index is 0.0862. The molecule has 0 fully saturated rings. The first kappa shape index (κ1) is 15.6. The molecule has 0 aliphatic carbocycles. The Labute approximate surface area is 125 Å². The number of halogens is 2. The van der Waals surface area contributed by atoms with Gasteiger partial charge in [0.1, 0.15) is 11.6 Å². The van der Waals surface area contributed by atoms with Gasteiger partial charge in [-0.15, -0.1) is 0 Å². The van der Waals surface area contributed by atoms with Crippen LogP contribution in [-0.4, -0.2) is 6.54 Å². The maximum absolute atomic E-state index is 13.8. The van der Waals surface area contributed by atoms with Crippen LogP contribution in [0.4, 0.5) is 8.78 Å². The summed E-state index contributed by atoms with van der Waals surface area (Å²) >= 11 is 0. The van der Waals surface area contributed by atoms with Crippen LogP contribution in [0.1, 0.15) is 36.1 Å². The summed E-state index contributed by atoms with van der Waals surface area (Å²) < 4.78 is 27.6. The summed E-state index contributed by atoms with van der Waals surface area (Å²) in [5.74, 6) is -0.433. The monoisotopic (exact) mass is 289 g/mol. The summed E-state index contributed by atoms with van der Waals surface area (Å²) in [6, 6.07) is 11.9. The average molecular weight is 289 g/mol. The molecular weight excluding hydrogens is 268 g/mol. The highest BCUT2D eigenvalue weighted by Crippen LogP contribution is 2.22. The smallest absolute Gasteiger partial charge is 0.126 e. The first-order valence-electron chi connectivity index (χ1n) is 7.34. The van der Waals surface area contributed by atoms with Crippen molar-refractivity contribution in [2.24, 2.45) is 0 Å². The Hall–Kier alpha value is -1.74. The Kier molecular flexibility index (Phi) is 5.45. The van der Waals surface area contributed by atoms with Crippen molar-refractivity contribution in [3.05, 3.63) is 70.8 Å². The molecule has 0 aliphatic rings. The van der Waals surface area contributed by atoms with Gasteiger partial charge in [-0.05, 0) is 55.1 Å². The van der Waals surface area contributed by atoms with Crippen LogP contribution in [0.3, 0.4) is 0 Å². The number of hydrogen-bond acceptors (Lipinski definition) is 1. The van der Waals surface area contributed by atoms with E-state index in [1.165, 1.54) is 6.07 Å². The third-order valence-electron chi connectivity index (χ3n) is 3.62. The molecule has 0 heterocycles. The highest BCUT2D eigenvalue weighted by molar-refractivity contribution is 5.28. The average Bonchev–Trinajstić information content (AvgIpc) is 2.48. The summed E-state index contributed by atoms with van der Waals surface area (Å²) in [5.41, 5.74) is 2.13. The first-order chi connectivity index (χ1) is 10.1. The summed E-state index contributed by atoms with van der Waals surface area (Å²) in [6.07, 6.45) is 1.48. The van der Waals surface area contributed by atoms with Crippen molar-refractivity contribution in [2.75, 3.05) is 6.54 Å². The van der Waals surface area contributed by atoms with Gasteiger partial charge in [0.15, 0.2) is 0 Å². The molecule has 2 rings (SSSR count). The molecule has 1 unspecified atom stereocenters. The Morgan fingerprint density at radius 2 is 1.81 bits per heavy atom. The molecule has 21 heavy (non-hydrogen) atoms. The van der Waals surface area contributed by atoms with Crippen molar-refractivity contribution in [1.82, 2.24) is 5.32 Å². The van der Waals surface area contributed by atoms with E-state index in [2.05, 4.69) is 12.2 Å². The highest BCUT2D eigenvalue weighted by atomic mass is 19.1. The summed E-state index contributed by atoms with van der Waals surface area (Å²) in [4.78, 5) is 0. The fourth-order valence-corrected chi connectivity index (χ4v) is 2.34. The number of hydrogen-bond donors (Lipinski definition) is 1. The normalized spacial score (nSPS) is 12.4. The van der Waals surface area contributed by atoms with E-state index in [0.29, 0.717) is 17.5 Å². The second-order valence-corrected chi connectivity index (χ2v) is 5.31. The van der Waals surface area contributed by atoms with Gasteiger partial charge in [-0.1, -0.05) is 37.3 Å². The van der Waals surface area contributed by atoms with E-state index >= 15 is 0 Å². The second-order valence-electron chi connectivity index (χ2n) is 5.31. The molecule has 112 valence electrons. The predicted octanol–water partition coefficient (Wildman–Crippen LogP) is 4.56. The Morgan fingerprint density at radius 3 is 2.48 bits per heavy atom. The van der Waals surface area contributed by atoms with Gasteiger partial charge in [-0.2, -0.15) is 0 Å². The van der Waals surface area contributed by atoms with Crippen molar-refractivity contribution >= 4 is 0 Å². The fraction of sp³-hybridized carbons (Fsp3) is 0.333. The molecule has 0 amide bonds. The maximum atomic E-state index is 13.8. The molecule has 0 saturated heterocycles. The standard InChI is InChI=1S/C18H21F2N/c1-3-10-21-18(12-14-6-4-5-7-16(14)19)15-9-8-13(2)17(20)11-15/h4-9,11,18,21H,3,10,12H2,1-2H3. The van der Waals surface area contributed by atoms with Crippen molar-refractivity contribution in [1.29, 1.82) is 0 Å². The molecule has 0 saturated carbocycles. The van der Waals surface area contributed by atoms with Gasteiger partial charge >= 0.3 is 0 Å². The van der Waals surface area contributed by atoms with Gasteiger partial charge in [0.25, 0.3) is 0 Å². The number of aryl methyl sites for hydroxylation is 1. The molecule has 1 nitrogen and oxygen atoms in total. The molecule has 2 aromatic rings. The van der Waals surface area contributed by atoms with Crippen LogP contribution in [0.2, 0.25) is 0 Å². The van der Waals surface area contributed by atoms with Crippen LogP contribution < -0.4 is 5.32 Å². The quantitative estimate of drug-likeness (QED) is 0.822. The van der Waals surface area contributed by atoms with E-state index < -0.39 is 0 Å². The van der Waals surface area contributed by atoms with E-state index in [1.54, 1.807) is 31.2 Å². The lowest BCUT2D eigenvalue weighted by molar-refractivity contribution is 0.509. The molecule has 0 spiro atoms. The van der Waals surface area contributed by atoms with E-state index in [-0.39, 0.29) is 17.7 Å². The topological polar surface area (TPSA) is 12.0 Å². The highest BCUT2D eigenvalue weighted by Gasteiger charge is 2.15. The van der Waals surface area contributed by atoms with E-state index in [9.17, 15) is 8.78 Å². The van der Waals surface area contributed by atoms with Gasteiger partial charge in [0.05, 0.1) is 0 Å². The number of nitrogens with one attached hydrogen (secondary N) is 1. The predicted molar refractivity (Wildman–Crippen MR) is 82.3 cm³/mol. The van der Waals surface area contributed by atoms with Crippen LogP contribution in [0.5, 0.6) is 0 Å². The van der Waals surface area contributed by atoms with Gasteiger partial charge < -0.3 is 5.32 Å². The molecule has 0 radical (unpaired) electrons. The third kappa shape index (κ3) is 4.11. The molecule has 3 heteroatoms. The third-order valence-corrected chi connectivity index (χ3v) is 3.62. The molecule has 1 N–H and O–H groups in total. The van der Waals surface area contributed by atoms with Crippen molar-refractivity contribution in [3.63, 3.8) is 0 Å². The second kappa shape index (κ2) is 7.32. The van der Waals surface area contributed by atoms with Crippen LogP contribution in [0.25, 0.3) is 0 Å². The van der Waals surface area contributed by atoms with Gasteiger partial charge in [0.2, 0.25) is 0 Å². The molecular formula is C18H21F2N. The molecule has 0 aromatic heterocycles. The zero-order valence-corrected chi connectivity index (χ0v) is 12.5. The minimum atomic E-state index is -0.218. The Morgan fingerprint density at radius 1 is 1.05 bits per heavy atom. The van der Waals surface area contributed by atoms with Crippen LogP contribution >= 0.6 is 0 Å². The molecule has 1 atom stereocenters. The lowest BCUT2D eigenvalue weighted by Crippen LogP contribution is -2.24. The van der Waals surface area contributed by atoms with E-state index in [1.807, 2.05) is 12.1 Å². The van der Waals surface area contributed by atoms with Crippen molar-refractivity contribution < 1.29 is 8.78 Å². The molecule has 0 aliphatic heterocycles.